The van der Waals surface area contributed by atoms with E-state index in [-0.39, 0.29) is 5.75 Å². The second kappa shape index (κ2) is 8.65. The molecule has 0 aliphatic heterocycles. The Bertz CT molecular complexity index is 741. The zero-order valence-electron chi connectivity index (χ0n) is 13.3. The van der Waals surface area contributed by atoms with Crippen molar-refractivity contribution >= 4 is 40.9 Å². The number of esters is 1. The maximum atomic E-state index is 11.7. The van der Waals surface area contributed by atoms with E-state index in [1.165, 1.54) is 23.1 Å². The fraction of sp³-hybridized carbons (Fsp3) is 0.235. The molecule has 0 atom stereocenters. The van der Waals surface area contributed by atoms with E-state index >= 15 is 0 Å². The van der Waals surface area contributed by atoms with Crippen LogP contribution < -0.4 is 5.32 Å². The summed E-state index contributed by atoms with van der Waals surface area (Å²) in [6, 6.07) is 9.30. The van der Waals surface area contributed by atoms with Gasteiger partial charge in [-0.2, -0.15) is 0 Å². The van der Waals surface area contributed by atoms with Crippen LogP contribution in [0.5, 0.6) is 0 Å². The summed E-state index contributed by atoms with van der Waals surface area (Å²) in [5.74, 6) is -1.52. The Hall–Kier alpha value is -2.12. The molecule has 2 amide bonds. The Kier molecular flexibility index (Phi) is 6.57. The minimum Gasteiger partial charge on any atom is -0.455 e. The molecule has 0 spiro atoms. The van der Waals surface area contributed by atoms with Gasteiger partial charge < -0.3 is 4.74 Å². The van der Waals surface area contributed by atoms with Crippen LogP contribution in [0.4, 0.5) is 0 Å². The van der Waals surface area contributed by atoms with Crippen LogP contribution in [0.25, 0.3) is 0 Å². The molecular formula is C17H17NO4S2. The minimum absolute atomic E-state index is 0.107. The number of imide groups is 1. The van der Waals surface area contributed by atoms with Crippen molar-refractivity contribution in [2.75, 3.05) is 12.4 Å². The maximum absolute atomic E-state index is 11.7. The first-order chi connectivity index (χ1) is 11.5. The van der Waals surface area contributed by atoms with Gasteiger partial charge in [-0.15, -0.1) is 23.1 Å². The molecule has 0 bridgehead atoms. The summed E-state index contributed by atoms with van der Waals surface area (Å²) in [4.78, 5) is 36.4. The molecule has 1 heterocycles. The second-order valence-corrected chi connectivity index (χ2v) is 7.04. The smallest absolute Gasteiger partial charge is 0.316 e. The van der Waals surface area contributed by atoms with Gasteiger partial charge in [0, 0.05) is 4.90 Å². The van der Waals surface area contributed by atoms with Gasteiger partial charge in [-0.05, 0) is 36.9 Å². The molecule has 0 aliphatic carbocycles. The van der Waals surface area contributed by atoms with Gasteiger partial charge in [0.1, 0.15) is 0 Å². The Balaban J connectivity index is 1.72. The van der Waals surface area contributed by atoms with Gasteiger partial charge in [-0.1, -0.05) is 23.8 Å². The van der Waals surface area contributed by atoms with E-state index in [1.807, 2.05) is 32.0 Å². The fourth-order valence-corrected chi connectivity index (χ4v) is 3.34. The van der Waals surface area contributed by atoms with Gasteiger partial charge in [0.2, 0.25) is 0 Å². The topological polar surface area (TPSA) is 72.5 Å². The third-order valence-corrected chi connectivity index (χ3v) is 5.06. The van der Waals surface area contributed by atoms with E-state index in [0.29, 0.717) is 4.88 Å². The Morgan fingerprint density at radius 2 is 2.00 bits per heavy atom. The van der Waals surface area contributed by atoms with Gasteiger partial charge in [0.15, 0.2) is 6.61 Å². The third-order valence-electron chi connectivity index (χ3n) is 3.04. The van der Waals surface area contributed by atoms with Crippen LogP contribution in [0.15, 0.2) is 40.6 Å². The summed E-state index contributed by atoms with van der Waals surface area (Å²) in [5.41, 5.74) is 2.25. The number of aryl methyl sites for hydroxylation is 2. The van der Waals surface area contributed by atoms with Crippen LogP contribution in [0, 0.1) is 13.8 Å². The van der Waals surface area contributed by atoms with E-state index in [9.17, 15) is 14.4 Å². The summed E-state index contributed by atoms with van der Waals surface area (Å²) in [6.07, 6.45) is 0. The maximum Gasteiger partial charge on any atom is 0.316 e. The van der Waals surface area contributed by atoms with Gasteiger partial charge in [-0.3, -0.25) is 19.7 Å². The molecule has 1 aromatic heterocycles. The van der Waals surface area contributed by atoms with Crippen molar-refractivity contribution in [3.8, 4) is 0 Å². The lowest BCUT2D eigenvalue weighted by Crippen LogP contribution is -2.33. The van der Waals surface area contributed by atoms with Crippen molar-refractivity contribution in [3.63, 3.8) is 0 Å². The van der Waals surface area contributed by atoms with Crippen molar-refractivity contribution in [1.82, 2.24) is 5.32 Å². The van der Waals surface area contributed by atoms with E-state index in [4.69, 9.17) is 4.74 Å². The molecule has 0 saturated carbocycles. The largest absolute Gasteiger partial charge is 0.455 e. The first kappa shape index (κ1) is 18.2. The highest BCUT2D eigenvalue weighted by Gasteiger charge is 2.13. The molecule has 0 aliphatic rings. The SMILES string of the molecule is Cc1ccc(SCC(=O)OCC(=O)NC(=O)c2cccs2)c(C)c1. The van der Waals surface area contributed by atoms with Crippen molar-refractivity contribution < 1.29 is 19.1 Å². The molecule has 0 radical (unpaired) electrons. The summed E-state index contributed by atoms with van der Waals surface area (Å²) < 4.78 is 4.89. The third kappa shape index (κ3) is 5.50. The molecule has 1 aromatic carbocycles. The quantitative estimate of drug-likeness (QED) is 0.631. The van der Waals surface area contributed by atoms with Crippen LogP contribution in [0.3, 0.4) is 0 Å². The molecule has 0 unspecified atom stereocenters. The van der Waals surface area contributed by atoms with E-state index < -0.39 is 24.4 Å². The number of amides is 2. The molecule has 7 heteroatoms. The Morgan fingerprint density at radius 1 is 1.21 bits per heavy atom. The summed E-state index contributed by atoms with van der Waals surface area (Å²) in [6.45, 7) is 3.51. The molecular weight excluding hydrogens is 346 g/mol. The average Bonchev–Trinajstić information content (AvgIpc) is 3.06. The van der Waals surface area contributed by atoms with E-state index in [2.05, 4.69) is 5.32 Å². The number of ether oxygens (including phenoxy) is 1. The standard InChI is InChI=1S/C17H17NO4S2/c1-11-5-6-13(12(2)8-11)24-10-16(20)22-9-15(19)18-17(21)14-4-3-7-23-14/h3-8H,9-10H2,1-2H3,(H,18,19,21). The van der Waals surface area contributed by atoms with Crippen LogP contribution in [0.1, 0.15) is 20.8 Å². The van der Waals surface area contributed by atoms with Crippen LogP contribution in [0.2, 0.25) is 0 Å². The number of thioether (sulfide) groups is 1. The Labute approximate surface area is 148 Å². The zero-order valence-corrected chi connectivity index (χ0v) is 15.0. The highest BCUT2D eigenvalue weighted by molar-refractivity contribution is 8.00. The van der Waals surface area contributed by atoms with Crippen molar-refractivity contribution in [2.24, 2.45) is 0 Å². The molecule has 126 valence electrons. The number of thiophene rings is 1. The minimum atomic E-state index is -0.640. The lowest BCUT2D eigenvalue weighted by Gasteiger charge is -2.07. The number of nitrogens with one attached hydrogen (secondary N) is 1. The molecule has 2 aromatic rings. The molecule has 24 heavy (non-hydrogen) atoms. The van der Waals surface area contributed by atoms with Crippen LogP contribution in [-0.4, -0.2) is 30.1 Å². The first-order valence-electron chi connectivity index (χ1n) is 7.19. The number of carbonyl (C=O) groups is 3. The van der Waals surface area contributed by atoms with Crippen LogP contribution in [-0.2, 0) is 14.3 Å². The van der Waals surface area contributed by atoms with Gasteiger partial charge in [0.25, 0.3) is 11.8 Å². The normalized spacial score (nSPS) is 10.2. The van der Waals surface area contributed by atoms with Crippen molar-refractivity contribution in [1.29, 1.82) is 0 Å². The number of carbonyl (C=O) groups excluding carboxylic acids is 3. The summed E-state index contributed by atoms with van der Waals surface area (Å²) in [5, 5.41) is 3.92. The molecule has 5 nitrogen and oxygen atoms in total. The van der Waals surface area contributed by atoms with Crippen LogP contribution >= 0.6 is 23.1 Å². The molecule has 1 N–H and O–H groups in total. The monoisotopic (exact) mass is 363 g/mol. The van der Waals surface area contributed by atoms with Crippen molar-refractivity contribution in [3.05, 3.63) is 51.7 Å². The van der Waals surface area contributed by atoms with Crippen molar-refractivity contribution in [2.45, 2.75) is 18.7 Å². The Morgan fingerprint density at radius 3 is 2.67 bits per heavy atom. The predicted octanol–water partition coefficient (Wildman–Crippen LogP) is 2.96. The summed E-state index contributed by atoms with van der Waals surface area (Å²) >= 11 is 2.59. The van der Waals surface area contributed by atoms with Gasteiger partial charge in [-0.25, -0.2) is 0 Å². The summed E-state index contributed by atoms with van der Waals surface area (Å²) in [7, 11) is 0. The highest BCUT2D eigenvalue weighted by Crippen LogP contribution is 2.23. The lowest BCUT2D eigenvalue weighted by atomic mass is 10.2. The second-order valence-electron chi connectivity index (χ2n) is 5.07. The zero-order chi connectivity index (χ0) is 17.5. The number of benzene rings is 1. The predicted molar refractivity (Wildman–Crippen MR) is 94.4 cm³/mol. The van der Waals surface area contributed by atoms with Gasteiger partial charge >= 0.3 is 5.97 Å². The van der Waals surface area contributed by atoms with E-state index in [0.717, 1.165) is 16.0 Å². The molecule has 0 fully saturated rings. The number of hydrogen-bond donors (Lipinski definition) is 1. The van der Waals surface area contributed by atoms with E-state index in [1.54, 1.807) is 17.5 Å². The molecule has 0 saturated heterocycles. The van der Waals surface area contributed by atoms with Gasteiger partial charge in [0.05, 0.1) is 10.6 Å². The fourth-order valence-electron chi connectivity index (χ4n) is 1.92. The molecule has 2 rings (SSSR count). The number of rotatable bonds is 6. The first-order valence-corrected chi connectivity index (χ1v) is 9.05. The highest BCUT2D eigenvalue weighted by atomic mass is 32.2. The average molecular weight is 363 g/mol. The lowest BCUT2D eigenvalue weighted by molar-refractivity contribution is -0.145. The number of hydrogen-bond acceptors (Lipinski definition) is 6.